The lowest BCUT2D eigenvalue weighted by Crippen LogP contribution is -2.08. The van der Waals surface area contributed by atoms with E-state index in [1.165, 1.54) is 11.3 Å². The Hall–Kier alpha value is -0.810. The maximum atomic E-state index is 11.7. The molecule has 0 aliphatic rings. The molecule has 1 rings (SSSR count). The molecular weight excluding hydrogens is 234 g/mol. The van der Waals surface area contributed by atoms with Gasteiger partial charge in [-0.1, -0.05) is 6.92 Å². The van der Waals surface area contributed by atoms with Gasteiger partial charge >= 0.3 is 0 Å². The number of thiophene rings is 1. The summed E-state index contributed by atoms with van der Waals surface area (Å²) in [7, 11) is 0. The molecule has 16 heavy (non-hydrogen) atoms. The van der Waals surface area contributed by atoms with E-state index < -0.39 is 13.0 Å². The molecular formula is C11H14F2O2S. The van der Waals surface area contributed by atoms with Crippen LogP contribution in [0.2, 0.25) is 0 Å². The first-order valence-corrected chi connectivity index (χ1v) is 5.93. The van der Waals surface area contributed by atoms with Crippen LogP contribution in [0.4, 0.5) is 8.78 Å². The van der Waals surface area contributed by atoms with Crippen LogP contribution in [0.15, 0.2) is 12.1 Å². The second kappa shape index (κ2) is 6.70. The molecule has 0 spiro atoms. The highest BCUT2D eigenvalue weighted by Gasteiger charge is 2.09. The molecule has 0 unspecified atom stereocenters. The quantitative estimate of drug-likeness (QED) is 0.547. The number of Topliss-reactive ketones (excluding diaryl/α,β-unsaturated/α-hetero) is 1. The van der Waals surface area contributed by atoms with Crippen LogP contribution in [-0.2, 0) is 11.2 Å². The summed E-state index contributed by atoms with van der Waals surface area (Å²) < 4.78 is 28.1. The van der Waals surface area contributed by atoms with Crippen molar-refractivity contribution in [3.63, 3.8) is 0 Å². The number of alkyl halides is 2. The SMILES string of the molecule is CCc1ccc(C(=O)CCOCC(F)F)s1. The Morgan fingerprint density at radius 1 is 1.50 bits per heavy atom. The Morgan fingerprint density at radius 2 is 2.25 bits per heavy atom. The second-order valence-electron chi connectivity index (χ2n) is 3.26. The first kappa shape index (κ1) is 13.3. The summed E-state index contributed by atoms with van der Waals surface area (Å²) in [6.45, 7) is 1.48. The highest BCUT2D eigenvalue weighted by molar-refractivity contribution is 7.14. The number of carbonyl (C=O) groups excluding carboxylic acids is 1. The number of aryl methyl sites for hydroxylation is 1. The molecule has 0 saturated heterocycles. The monoisotopic (exact) mass is 248 g/mol. The van der Waals surface area contributed by atoms with Crippen LogP contribution in [0, 0.1) is 0 Å². The van der Waals surface area contributed by atoms with Crippen LogP contribution in [0.1, 0.15) is 27.9 Å². The fraction of sp³-hybridized carbons (Fsp3) is 0.545. The lowest BCUT2D eigenvalue weighted by atomic mass is 10.2. The third kappa shape index (κ3) is 4.37. The molecule has 5 heteroatoms. The van der Waals surface area contributed by atoms with Gasteiger partial charge in [-0.2, -0.15) is 0 Å². The van der Waals surface area contributed by atoms with Crippen LogP contribution < -0.4 is 0 Å². The predicted molar refractivity (Wildman–Crippen MR) is 59.5 cm³/mol. The smallest absolute Gasteiger partial charge is 0.261 e. The van der Waals surface area contributed by atoms with Crippen molar-refractivity contribution in [2.24, 2.45) is 0 Å². The molecule has 0 saturated carbocycles. The summed E-state index contributed by atoms with van der Waals surface area (Å²) in [6, 6.07) is 3.69. The highest BCUT2D eigenvalue weighted by atomic mass is 32.1. The third-order valence-electron chi connectivity index (χ3n) is 2.00. The minimum Gasteiger partial charge on any atom is -0.375 e. The van der Waals surface area contributed by atoms with Crippen LogP contribution in [0.3, 0.4) is 0 Å². The second-order valence-corrected chi connectivity index (χ2v) is 4.43. The van der Waals surface area contributed by atoms with Gasteiger partial charge in [0.2, 0.25) is 0 Å². The lowest BCUT2D eigenvalue weighted by Gasteiger charge is -2.01. The first-order chi connectivity index (χ1) is 7.63. The van der Waals surface area contributed by atoms with Gasteiger partial charge in [0, 0.05) is 11.3 Å². The van der Waals surface area contributed by atoms with Crippen LogP contribution in [0.25, 0.3) is 0 Å². The van der Waals surface area contributed by atoms with Crippen molar-refractivity contribution >= 4 is 17.1 Å². The summed E-state index contributed by atoms with van der Waals surface area (Å²) >= 11 is 1.45. The fourth-order valence-corrected chi connectivity index (χ4v) is 2.09. The summed E-state index contributed by atoms with van der Waals surface area (Å²) in [5.74, 6) is -0.0426. The molecule has 1 aromatic rings. The van der Waals surface area contributed by atoms with Crippen molar-refractivity contribution in [3.05, 3.63) is 21.9 Å². The van der Waals surface area contributed by atoms with E-state index in [4.69, 9.17) is 0 Å². The topological polar surface area (TPSA) is 26.3 Å². The molecule has 0 fully saturated rings. The third-order valence-corrected chi connectivity index (χ3v) is 3.27. The Labute approximate surface area is 97.2 Å². The number of carbonyl (C=O) groups is 1. The van der Waals surface area contributed by atoms with E-state index in [0.717, 1.165) is 11.3 Å². The van der Waals surface area contributed by atoms with E-state index in [1.807, 2.05) is 13.0 Å². The molecule has 0 bridgehead atoms. The summed E-state index contributed by atoms with van der Waals surface area (Å²) in [5.41, 5.74) is 0. The van der Waals surface area contributed by atoms with Crippen LogP contribution >= 0.6 is 11.3 Å². The Morgan fingerprint density at radius 3 is 2.81 bits per heavy atom. The minimum atomic E-state index is -2.47. The molecule has 0 amide bonds. The van der Waals surface area contributed by atoms with Crippen molar-refractivity contribution in [3.8, 4) is 0 Å². The van der Waals surface area contributed by atoms with E-state index in [9.17, 15) is 13.6 Å². The predicted octanol–water partition coefficient (Wildman–Crippen LogP) is 3.17. The average molecular weight is 248 g/mol. The van der Waals surface area contributed by atoms with Crippen molar-refractivity contribution in [1.82, 2.24) is 0 Å². The highest BCUT2D eigenvalue weighted by Crippen LogP contribution is 2.18. The van der Waals surface area contributed by atoms with Crippen molar-refractivity contribution in [1.29, 1.82) is 0 Å². The molecule has 0 aliphatic heterocycles. The van der Waals surface area contributed by atoms with E-state index in [-0.39, 0.29) is 18.8 Å². The Balaban J connectivity index is 2.29. The van der Waals surface area contributed by atoms with Gasteiger partial charge in [0.05, 0.1) is 11.5 Å². The van der Waals surface area contributed by atoms with Gasteiger partial charge in [0.25, 0.3) is 6.43 Å². The largest absolute Gasteiger partial charge is 0.375 e. The standard InChI is InChI=1S/C11H14F2O2S/c1-2-8-3-4-10(16-8)9(14)5-6-15-7-11(12)13/h3-4,11H,2,5-7H2,1H3. The van der Waals surface area contributed by atoms with Crippen molar-refractivity contribution in [2.45, 2.75) is 26.2 Å². The molecule has 0 aromatic carbocycles. The molecule has 0 aliphatic carbocycles. The van der Waals surface area contributed by atoms with Crippen molar-refractivity contribution < 1.29 is 18.3 Å². The number of halogens is 2. The molecule has 1 aromatic heterocycles. The number of rotatable bonds is 7. The normalized spacial score (nSPS) is 11.0. The Bertz CT molecular complexity index is 336. The number of ether oxygens (including phenoxy) is 1. The zero-order chi connectivity index (χ0) is 12.0. The molecule has 0 N–H and O–H groups in total. The number of ketones is 1. The van der Waals surface area contributed by atoms with Gasteiger partial charge in [-0.05, 0) is 18.6 Å². The Kier molecular flexibility index (Phi) is 5.55. The van der Waals surface area contributed by atoms with E-state index in [0.29, 0.717) is 4.88 Å². The lowest BCUT2D eigenvalue weighted by molar-refractivity contribution is 0.0170. The van der Waals surface area contributed by atoms with Crippen LogP contribution in [-0.4, -0.2) is 25.4 Å². The van der Waals surface area contributed by atoms with E-state index >= 15 is 0 Å². The van der Waals surface area contributed by atoms with Gasteiger partial charge in [-0.15, -0.1) is 11.3 Å². The van der Waals surface area contributed by atoms with E-state index in [1.54, 1.807) is 6.07 Å². The molecule has 1 heterocycles. The maximum absolute atomic E-state index is 11.7. The fourth-order valence-electron chi connectivity index (χ4n) is 1.18. The zero-order valence-corrected chi connectivity index (χ0v) is 9.86. The number of hydrogen-bond donors (Lipinski definition) is 0. The van der Waals surface area contributed by atoms with Crippen molar-refractivity contribution in [2.75, 3.05) is 13.2 Å². The first-order valence-electron chi connectivity index (χ1n) is 5.11. The summed E-state index contributed by atoms with van der Waals surface area (Å²) in [6.07, 6.45) is -1.40. The summed E-state index contributed by atoms with van der Waals surface area (Å²) in [5, 5.41) is 0. The average Bonchev–Trinajstić information content (AvgIpc) is 2.72. The van der Waals surface area contributed by atoms with Gasteiger partial charge in [0.15, 0.2) is 5.78 Å². The molecule has 2 nitrogen and oxygen atoms in total. The number of hydrogen-bond acceptors (Lipinski definition) is 3. The van der Waals surface area contributed by atoms with Gasteiger partial charge in [0.1, 0.15) is 6.61 Å². The molecule has 0 radical (unpaired) electrons. The van der Waals surface area contributed by atoms with E-state index in [2.05, 4.69) is 4.74 Å². The maximum Gasteiger partial charge on any atom is 0.261 e. The summed E-state index contributed by atoms with van der Waals surface area (Å²) in [4.78, 5) is 13.4. The molecule has 90 valence electrons. The van der Waals surface area contributed by atoms with Gasteiger partial charge in [-0.3, -0.25) is 4.79 Å². The van der Waals surface area contributed by atoms with Gasteiger partial charge < -0.3 is 4.74 Å². The van der Waals surface area contributed by atoms with Crippen LogP contribution in [0.5, 0.6) is 0 Å². The zero-order valence-electron chi connectivity index (χ0n) is 9.04. The minimum absolute atomic E-state index is 0.0426. The van der Waals surface area contributed by atoms with Gasteiger partial charge in [-0.25, -0.2) is 8.78 Å². The molecule has 0 atom stereocenters.